The Morgan fingerprint density at radius 1 is 1.00 bits per heavy atom. The van der Waals surface area contributed by atoms with Crippen LogP contribution < -0.4 is 20.1 Å². The molecule has 0 bridgehead atoms. The van der Waals surface area contributed by atoms with E-state index in [0.29, 0.717) is 36.8 Å². The zero-order valence-electron chi connectivity index (χ0n) is 12.8. The Hall–Kier alpha value is -3.16. The highest BCUT2D eigenvalue weighted by molar-refractivity contribution is 5.95. The fraction of sp³-hybridized carbons (Fsp3) is 0.250. The van der Waals surface area contributed by atoms with Crippen LogP contribution in [0.4, 0.5) is 0 Å². The van der Waals surface area contributed by atoms with Crippen molar-refractivity contribution in [2.75, 3.05) is 26.3 Å². The van der Waals surface area contributed by atoms with Crippen molar-refractivity contribution >= 4 is 11.8 Å². The second-order valence-electron chi connectivity index (χ2n) is 4.96. The van der Waals surface area contributed by atoms with E-state index in [-0.39, 0.29) is 24.1 Å². The molecule has 124 valence electrons. The van der Waals surface area contributed by atoms with E-state index in [0.717, 1.165) is 0 Å². The molecule has 0 atom stereocenters. The number of carbonyl (C=O) groups excluding carboxylic acids is 2. The molecule has 3 rings (SSSR count). The molecule has 1 aliphatic rings. The van der Waals surface area contributed by atoms with Crippen LogP contribution >= 0.6 is 0 Å². The first-order valence-electron chi connectivity index (χ1n) is 7.46. The smallest absolute Gasteiger partial charge is 0.271 e. The van der Waals surface area contributed by atoms with E-state index < -0.39 is 0 Å². The molecule has 0 fully saturated rings. The number of amides is 2. The highest BCUT2D eigenvalue weighted by Gasteiger charge is 2.14. The number of hydrogen-bond donors (Lipinski definition) is 2. The zero-order chi connectivity index (χ0) is 16.8. The summed E-state index contributed by atoms with van der Waals surface area (Å²) in [7, 11) is 0. The maximum atomic E-state index is 12.1. The molecule has 0 unspecified atom stereocenters. The van der Waals surface area contributed by atoms with Gasteiger partial charge in [0.05, 0.1) is 6.20 Å². The highest BCUT2D eigenvalue weighted by atomic mass is 16.6. The minimum Gasteiger partial charge on any atom is -0.486 e. The molecule has 2 aromatic rings. The molecule has 24 heavy (non-hydrogen) atoms. The second kappa shape index (κ2) is 7.40. The van der Waals surface area contributed by atoms with Gasteiger partial charge in [-0.15, -0.1) is 0 Å². The summed E-state index contributed by atoms with van der Waals surface area (Å²) < 4.78 is 10.9. The molecule has 8 nitrogen and oxygen atoms in total. The minimum absolute atomic E-state index is 0.232. The molecule has 8 heteroatoms. The highest BCUT2D eigenvalue weighted by Crippen LogP contribution is 2.30. The molecule has 1 aromatic carbocycles. The van der Waals surface area contributed by atoms with Crippen molar-refractivity contribution in [3.63, 3.8) is 0 Å². The molecular weight excluding hydrogens is 312 g/mol. The number of fused-ring (bicyclic) bond motifs is 1. The number of aromatic nitrogens is 2. The van der Waals surface area contributed by atoms with Gasteiger partial charge < -0.3 is 20.1 Å². The van der Waals surface area contributed by atoms with Gasteiger partial charge in [-0.25, -0.2) is 4.98 Å². The average Bonchev–Trinajstić information content (AvgIpc) is 2.65. The Morgan fingerprint density at radius 3 is 2.50 bits per heavy atom. The fourth-order valence-electron chi connectivity index (χ4n) is 2.15. The van der Waals surface area contributed by atoms with Crippen LogP contribution in [0.25, 0.3) is 0 Å². The summed E-state index contributed by atoms with van der Waals surface area (Å²) in [4.78, 5) is 31.6. The van der Waals surface area contributed by atoms with Crippen molar-refractivity contribution < 1.29 is 19.1 Å². The molecule has 1 aromatic heterocycles. The number of ether oxygens (including phenoxy) is 2. The topological polar surface area (TPSA) is 102 Å². The van der Waals surface area contributed by atoms with Crippen LogP contribution in [0.3, 0.4) is 0 Å². The molecular formula is C16H16N4O4. The Morgan fingerprint density at radius 2 is 1.75 bits per heavy atom. The molecule has 0 aliphatic carbocycles. The number of carbonyl (C=O) groups is 2. The second-order valence-corrected chi connectivity index (χ2v) is 4.96. The Kier molecular flexibility index (Phi) is 4.85. The third-order valence-electron chi connectivity index (χ3n) is 3.30. The standard InChI is InChI=1S/C16H16N4O4/c21-15(11-1-2-13-14(9-11)24-8-7-23-13)19-5-6-20-16(22)12-10-17-3-4-18-12/h1-4,9-10H,5-8H2,(H,19,21)(H,20,22). The number of nitrogens with zero attached hydrogens (tertiary/aromatic N) is 2. The van der Waals surface area contributed by atoms with Gasteiger partial charge in [0, 0.05) is 31.0 Å². The van der Waals surface area contributed by atoms with Crippen molar-refractivity contribution in [2.45, 2.75) is 0 Å². The molecule has 2 amide bonds. The van der Waals surface area contributed by atoms with E-state index in [2.05, 4.69) is 20.6 Å². The first-order valence-corrected chi connectivity index (χ1v) is 7.46. The van der Waals surface area contributed by atoms with Gasteiger partial charge in [0.1, 0.15) is 18.9 Å². The van der Waals surface area contributed by atoms with Crippen molar-refractivity contribution in [3.05, 3.63) is 48.0 Å². The van der Waals surface area contributed by atoms with Crippen LogP contribution in [0, 0.1) is 0 Å². The largest absolute Gasteiger partial charge is 0.486 e. The lowest BCUT2D eigenvalue weighted by Gasteiger charge is -2.18. The molecule has 2 N–H and O–H groups in total. The van der Waals surface area contributed by atoms with Crippen LogP contribution in [0.2, 0.25) is 0 Å². The normalized spacial score (nSPS) is 12.3. The molecule has 0 saturated heterocycles. The van der Waals surface area contributed by atoms with Crippen LogP contribution in [-0.4, -0.2) is 48.1 Å². The van der Waals surface area contributed by atoms with Crippen molar-refractivity contribution in [3.8, 4) is 11.5 Å². The number of nitrogens with one attached hydrogen (secondary N) is 2. The van der Waals surface area contributed by atoms with Gasteiger partial charge in [0.2, 0.25) is 0 Å². The SMILES string of the molecule is O=C(NCCNC(=O)c1cnccn1)c1ccc2c(c1)OCCO2. The Bertz CT molecular complexity index is 736. The Balaban J connectivity index is 1.47. The van der Waals surface area contributed by atoms with Gasteiger partial charge in [-0.05, 0) is 18.2 Å². The van der Waals surface area contributed by atoms with Crippen molar-refractivity contribution in [1.29, 1.82) is 0 Å². The van der Waals surface area contributed by atoms with E-state index >= 15 is 0 Å². The van der Waals surface area contributed by atoms with E-state index in [4.69, 9.17) is 9.47 Å². The lowest BCUT2D eigenvalue weighted by molar-refractivity contribution is 0.0924. The minimum atomic E-state index is -0.336. The quantitative estimate of drug-likeness (QED) is 0.771. The van der Waals surface area contributed by atoms with E-state index in [1.807, 2.05) is 0 Å². The first kappa shape index (κ1) is 15.7. The van der Waals surface area contributed by atoms with E-state index in [1.165, 1.54) is 18.6 Å². The van der Waals surface area contributed by atoms with Gasteiger partial charge in [0.25, 0.3) is 11.8 Å². The van der Waals surface area contributed by atoms with Gasteiger partial charge in [-0.1, -0.05) is 0 Å². The van der Waals surface area contributed by atoms with Gasteiger partial charge in [-0.2, -0.15) is 0 Å². The summed E-state index contributed by atoms with van der Waals surface area (Å²) >= 11 is 0. The predicted octanol–water partition coefficient (Wildman–Crippen LogP) is 0.408. The van der Waals surface area contributed by atoms with Crippen LogP contribution in [0.5, 0.6) is 11.5 Å². The molecule has 1 aliphatic heterocycles. The molecule has 0 radical (unpaired) electrons. The van der Waals surface area contributed by atoms with Crippen LogP contribution in [-0.2, 0) is 0 Å². The van der Waals surface area contributed by atoms with Gasteiger partial charge in [0.15, 0.2) is 11.5 Å². The van der Waals surface area contributed by atoms with Crippen molar-refractivity contribution in [2.24, 2.45) is 0 Å². The summed E-state index contributed by atoms with van der Waals surface area (Å²) in [5.74, 6) is 0.608. The number of benzene rings is 1. The lowest BCUT2D eigenvalue weighted by atomic mass is 10.2. The predicted molar refractivity (Wildman–Crippen MR) is 84.1 cm³/mol. The van der Waals surface area contributed by atoms with Gasteiger partial charge in [-0.3, -0.25) is 14.6 Å². The Labute approximate surface area is 138 Å². The van der Waals surface area contributed by atoms with Crippen LogP contribution in [0.15, 0.2) is 36.8 Å². The summed E-state index contributed by atoms with van der Waals surface area (Å²) in [6.45, 7) is 1.54. The zero-order valence-corrected chi connectivity index (χ0v) is 12.8. The lowest BCUT2D eigenvalue weighted by Crippen LogP contribution is -2.35. The maximum absolute atomic E-state index is 12.1. The summed E-state index contributed by atoms with van der Waals surface area (Å²) in [6, 6.07) is 5.02. The molecule has 2 heterocycles. The average molecular weight is 328 g/mol. The first-order chi connectivity index (χ1) is 11.7. The van der Waals surface area contributed by atoms with Crippen LogP contribution in [0.1, 0.15) is 20.8 Å². The van der Waals surface area contributed by atoms with E-state index in [9.17, 15) is 9.59 Å². The summed E-state index contributed by atoms with van der Waals surface area (Å²) in [5, 5.41) is 5.38. The third kappa shape index (κ3) is 3.78. The number of hydrogen-bond acceptors (Lipinski definition) is 6. The fourth-order valence-corrected chi connectivity index (χ4v) is 2.15. The van der Waals surface area contributed by atoms with Crippen molar-refractivity contribution in [1.82, 2.24) is 20.6 Å². The summed E-state index contributed by atoms with van der Waals surface area (Å²) in [5.41, 5.74) is 0.704. The molecule has 0 saturated carbocycles. The third-order valence-corrected chi connectivity index (χ3v) is 3.30. The van der Waals surface area contributed by atoms with E-state index in [1.54, 1.807) is 18.2 Å². The maximum Gasteiger partial charge on any atom is 0.271 e. The summed E-state index contributed by atoms with van der Waals surface area (Å²) in [6.07, 6.45) is 4.31. The number of rotatable bonds is 5. The monoisotopic (exact) mass is 328 g/mol. The van der Waals surface area contributed by atoms with Gasteiger partial charge >= 0.3 is 0 Å². The molecule has 0 spiro atoms.